The van der Waals surface area contributed by atoms with Crippen LogP contribution in [-0.2, 0) is 26.4 Å². The van der Waals surface area contributed by atoms with Crippen molar-refractivity contribution in [2.75, 3.05) is 36.1 Å². The highest BCUT2D eigenvalue weighted by Crippen LogP contribution is 2.46. The predicted octanol–water partition coefficient (Wildman–Crippen LogP) is 5.79. The summed E-state index contributed by atoms with van der Waals surface area (Å²) in [5.41, 5.74) is 5.02. The zero-order chi connectivity index (χ0) is 30.2. The van der Waals surface area contributed by atoms with Gasteiger partial charge in [0.2, 0.25) is 0 Å². The SMILES string of the molecule is CCC(=O)C[S@]1(=O)=NC(=O)c2ccc3c(c2)N(C[C@@H]2CC[C@H]2[C@@H](O)/C=C/CCC1)C[C@@]1(CCCc2cc(C)ccc21)CO3. The average molecular weight is 605 g/mol. The summed E-state index contributed by atoms with van der Waals surface area (Å²) < 4.78 is 24.7. The first kappa shape index (κ1) is 30.1. The number of hydrogen-bond donors (Lipinski definition) is 1. The summed E-state index contributed by atoms with van der Waals surface area (Å²) in [6, 6.07) is 12.2. The van der Waals surface area contributed by atoms with E-state index in [2.05, 4.69) is 34.4 Å². The Hall–Kier alpha value is -2.97. The number of ether oxygens (including phenoxy) is 1. The number of carbonyl (C=O) groups excluding carboxylic acids is 2. The quantitative estimate of drug-likeness (QED) is 0.446. The molecule has 1 spiro atoms. The Bertz CT molecular complexity index is 1560. The minimum Gasteiger partial charge on any atom is -0.490 e. The number of aliphatic hydroxyl groups excluding tert-OH is 1. The fraction of sp³-hybridized carbons (Fsp3) is 0.543. The minimum atomic E-state index is -3.07. The van der Waals surface area contributed by atoms with Crippen molar-refractivity contribution >= 4 is 27.1 Å². The van der Waals surface area contributed by atoms with Crippen molar-refractivity contribution in [2.45, 2.75) is 76.7 Å². The molecule has 2 heterocycles. The first-order chi connectivity index (χ1) is 20.7. The molecule has 2 aromatic carbocycles. The zero-order valence-corrected chi connectivity index (χ0v) is 26.2. The van der Waals surface area contributed by atoms with Crippen molar-refractivity contribution in [1.82, 2.24) is 0 Å². The van der Waals surface area contributed by atoms with Crippen LogP contribution in [0.5, 0.6) is 5.75 Å². The Kier molecular flexibility index (Phi) is 8.53. The standard InChI is InChI=1S/C35H44N2O5S/c1-3-28(38)21-43(41)17-6-4-5-9-32(39)29-13-11-27(29)20-37-22-35(16-7-8-25-18-24(2)10-14-30(25)35)23-42-33-15-12-26(19-31(33)37)34(40)36-43/h5,9-10,12,14-15,18-19,27,29,32,39H,3-4,6-8,11,13,16-17,20-23H2,1-2H3/b9-5+/t27-,29+,32-,35-,43-/m0/s1. The number of nitrogens with zero attached hydrogens (tertiary/aromatic N) is 2. The van der Waals surface area contributed by atoms with Crippen LogP contribution >= 0.6 is 0 Å². The van der Waals surface area contributed by atoms with Gasteiger partial charge in [-0.3, -0.25) is 9.59 Å². The number of fused-ring (bicyclic) bond motifs is 4. The third-order valence-electron chi connectivity index (χ3n) is 10.0. The maximum atomic E-state index is 13.8. The van der Waals surface area contributed by atoms with Gasteiger partial charge in [-0.15, -0.1) is 0 Å². The van der Waals surface area contributed by atoms with Crippen molar-refractivity contribution in [1.29, 1.82) is 0 Å². The molecule has 6 rings (SSSR count). The summed E-state index contributed by atoms with van der Waals surface area (Å²) in [5.74, 6) is 0.457. The predicted molar refractivity (Wildman–Crippen MR) is 170 cm³/mol. The molecule has 1 N–H and O–H groups in total. The molecule has 1 fully saturated rings. The molecule has 2 bridgehead atoms. The third kappa shape index (κ3) is 6.18. The molecule has 0 aromatic heterocycles. The normalized spacial score (nSPS) is 31.5. The smallest absolute Gasteiger partial charge is 0.285 e. The van der Waals surface area contributed by atoms with E-state index in [1.165, 1.54) is 16.7 Å². The van der Waals surface area contributed by atoms with Crippen molar-refractivity contribution in [3.05, 3.63) is 70.8 Å². The molecule has 7 nitrogen and oxygen atoms in total. The Labute approximate surface area is 255 Å². The van der Waals surface area contributed by atoms with Crippen molar-refractivity contribution < 1.29 is 23.6 Å². The number of amides is 1. The molecule has 2 aromatic rings. The van der Waals surface area contributed by atoms with E-state index in [4.69, 9.17) is 4.74 Å². The fourth-order valence-corrected chi connectivity index (χ4v) is 9.51. The number of aryl methyl sites for hydroxylation is 2. The van der Waals surface area contributed by atoms with E-state index in [0.717, 1.165) is 56.6 Å². The number of anilines is 1. The van der Waals surface area contributed by atoms with Gasteiger partial charge in [0, 0.05) is 36.2 Å². The van der Waals surface area contributed by atoms with Gasteiger partial charge in [0.1, 0.15) is 11.5 Å². The van der Waals surface area contributed by atoms with Gasteiger partial charge in [0.25, 0.3) is 5.91 Å². The number of hydrogen-bond acceptors (Lipinski definition) is 6. The lowest BCUT2D eigenvalue weighted by Gasteiger charge is -2.45. The Morgan fingerprint density at radius 1 is 1.19 bits per heavy atom. The molecular formula is C35H44N2O5S. The van der Waals surface area contributed by atoms with E-state index >= 15 is 0 Å². The Balaban J connectivity index is 1.43. The molecule has 43 heavy (non-hydrogen) atoms. The average Bonchev–Trinajstić information content (AvgIpc) is 3.11. The highest BCUT2D eigenvalue weighted by atomic mass is 32.2. The zero-order valence-electron chi connectivity index (χ0n) is 25.4. The topological polar surface area (TPSA) is 96.3 Å². The van der Waals surface area contributed by atoms with Gasteiger partial charge >= 0.3 is 0 Å². The summed E-state index contributed by atoms with van der Waals surface area (Å²) in [5, 5.41) is 11.1. The van der Waals surface area contributed by atoms with E-state index in [-0.39, 0.29) is 35.0 Å². The van der Waals surface area contributed by atoms with E-state index in [9.17, 15) is 18.9 Å². The number of allylic oxidation sites excluding steroid dienone is 1. The third-order valence-corrected chi connectivity index (χ3v) is 12.2. The lowest BCUT2D eigenvalue weighted by molar-refractivity contribution is -0.116. The molecule has 8 heteroatoms. The highest BCUT2D eigenvalue weighted by molar-refractivity contribution is 7.94. The van der Waals surface area contributed by atoms with E-state index < -0.39 is 21.7 Å². The van der Waals surface area contributed by atoms with Crippen LogP contribution in [0.3, 0.4) is 0 Å². The van der Waals surface area contributed by atoms with Crippen molar-refractivity contribution in [3.63, 3.8) is 0 Å². The number of aliphatic hydroxyl groups is 1. The molecule has 0 saturated heterocycles. The molecule has 230 valence electrons. The second-order valence-electron chi connectivity index (χ2n) is 13.1. The van der Waals surface area contributed by atoms with Crippen LogP contribution in [-0.4, -0.2) is 58.3 Å². The molecule has 2 aliphatic carbocycles. The molecule has 5 atom stereocenters. The minimum absolute atomic E-state index is 0.160. The van der Waals surface area contributed by atoms with E-state index in [1.807, 2.05) is 24.3 Å². The van der Waals surface area contributed by atoms with Gasteiger partial charge in [0.15, 0.2) is 0 Å². The number of ketones is 1. The highest BCUT2D eigenvalue weighted by Gasteiger charge is 2.44. The van der Waals surface area contributed by atoms with E-state index in [1.54, 1.807) is 13.0 Å². The monoisotopic (exact) mass is 604 g/mol. The van der Waals surface area contributed by atoms with Crippen LogP contribution in [0.15, 0.2) is 52.9 Å². The first-order valence-electron chi connectivity index (χ1n) is 15.9. The van der Waals surface area contributed by atoms with Crippen LogP contribution in [0.1, 0.15) is 78.9 Å². The number of carbonyl (C=O) groups is 2. The van der Waals surface area contributed by atoms with Gasteiger partial charge in [-0.05, 0) is 93.0 Å². The largest absolute Gasteiger partial charge is 0.490 e. The molecule has 2 aliphatic heterocycles. The number of benzene rings is 2. The van der Waals surface area contributed by atoms with Gasteiger partial charge in [0.05, 0.1) is 33.9 Å². The Morgan fingerprint density at radius 2 is 2.05 bits per heavy atom. The second kappa shape index (κ2) is 12.2. The second-order valence-corrected chi connectivity index (χ2v) is 15.5. The molecular weight excluding hydrogens is 560 g/mol. The lowest BCUT2D eigenvalue weighted by atomic mass is 9.68. The van der Waals surface area contributed by atoms with Gasteiger partial charge in [-0.1, -0.05) is 42.8 Å². The van der Waals surface area contributed by atoms with Crippen LogP contribution < -0.4 is 9.64 Å². The van der Waals surface area contributed by atoms with Gasteiger partial charge in [-0.2, -0.15) is 4.36 Å². The molecule has 1 saturated carbocycles. The van der Waals surface area contributed by atoms with Crippen LogP contribution in [0.25, 0.3) is 0 Å². The van der Waals surface area contributed by atoms with Crippen LogP contribution in [0.4, 0.5) is 5.69 Å². The van der Waals surface area contributed by atoms with Crippen LogP contribution in [0.2, 0.25) is 0 Å². The summed E-state index contributed by atoms with van der Waals surface area (Å²) in [4.78, 5) is 28.3. The van der Waals surface area contributed by atoms with E-state index in [0.29, 0.717) is 30.9 Å². The molecule has 4 aliphatic rings. The van der Waals surface area contributed by atoms with Gasteiger partial charge < -0.3 is 14.7 Å². The summed E-state index contributed by atoms with van der Waals surface area (Å²) in [6.45, 7) is 5.94. The summed E-state index contributed by atoms with van der Waals surface area (Å²) in [6.07, 6.45) is 9.88. The van der Waals surface area contributed by atoms with Crippen molar-refractivity contribution in [2.24, 2.45) is 16.2 Å². The summed E-state index contributed by atoms with van der Waals surface area (Å²) in [7, 11) is -3.07. The summed E-state index contributed by atoms with van der Waals surface area (Å²) >= 11 is 0. The molecule has 0 radical (unpaired) electrons. The number of rotatable bonds is 3. The number of Topliss-reactive ketones (excluding diaryl/α,β-unsaturated/α-hetero) is 1. The molecule has 0 unspecified atom stereocenters. The lowest BCUT2D eigenvalue weighted by Crippen LogP contribution is -2.49. The van der Waals surface area contributed by atoms with Crippen LogP contribution in [0, 0.1) is 18.8 Å². The first-order valence-corrected chi connectivity index (χ1v) is 17.8. The van der Waals surface area contributed by atoms with Gasteiger partial charge in [-0.25, -0.2) is 4.21 Å². The Morgan fingerprint density at radius 3 is 2.84 bits per heavy atom. The fourth-order valence-electron chi connectivity index (χ4n) is 7.47. The maximum absolute atomic E-state index is 13.8. The van der Waals surface area contributed by atoms with Crippen molar-refractivity contribution in [3.8, 4) is 5.75 Å². The molecule has 1 amide bonds. The maximum Gasteiger partial charge on any atom is 0.285 e.